The summed E-state index contributed by atoms with van der Waals surface area (Å²) in [5, 5.41) is 23.2. The van der Waals surface area contributed by atoms with E-state index in [9.17, 15) is 20.0 Å². The van der Waals surface area contributed by atoms with E-state index in [1.807, 2.05) is 0 Å². The van der Waals surface area contributed by atoms with Gasteiger partial charge in [-0.2, -0.15) is 0 Å². The lowest BCUT2D eigenvalue weighted by Gasteiger charge is -2.35. The van der Waals surface area contributed by atoms with Crippen molar-refractivity contribution in [3.8, 4) is 0 Å². The van der Waals surface area contributed by atoms with E-state index in [4.69, 9.17) is 0 Å². The number of anilines is 1. The lowest BCUT2D eigenvalue weighted by Crippen LogP contribution is -2.30. The third-order valence-electron chi connectivity index (χ3n) is 4.14. The molecule has 0 unspecified atom stereocenters. The summed E-state index contributed by atoms with van der Waals surface area (Å²) in [6, 6.07) is 4.15. The first-order valence-electron chi connectivity index (χ1n) is 7.07. The number of non-ortho nitro benzene ring substituents is 1. The number of aromatic carboxylic acids is 1. The molecule has 6 nitrogen and oxygen atoms in total. The number of carboxylic acid groups (broad SMARTS) is 1. The second-order valence-electron chi connectivity index (χ2n) is 6.37. The van der Waals surface area contributed by atoms with Crippen molar-refractivity contribution in [3.63, 3.8) is 0 Å². The summed E-state index contributed by atoms with van der Waals surface area (Å²) in [6.07, 6.45) is 4.12. The smallest absolute Gasteiger partial charge is 0.338 e. The molecule has 0 bridgehead atoms. The van der Waals surface area contributed by atoms with Crippen LogP contribution in [0.25, 0.3) is 0 Å². The molecule has 1 fully saturated rings. The molecule has 0 aromatic heterocycles. The maximum atomic E-state index is 11.3. The predicted octanol–water partition coefficient (Wildman–Crippen LogP) is 3.67. The van der Waals surface area contributed by atoms with Crippen molar-refractivity contribution in [2.45, 2.75) is 45.6 Å². The number of hydrogen-bond donors (Lipinski definition) is 2. The lowest BCUT2D eigenvalue weighted by atomic mass is 9.75. The Bertz CT molecular complexity index is 559. The van der Waals surface area contributed by atoms with Crippen molar-refractivity contribution in [3.05, 3.63) is 33.9 Å². The van der Waals surface area contributed by atoms with Crippen LogP contribution in [0.2, 0.25) is 0 Å². The van der Waals surface area contributed by atoms with Crippen molar-refractivity contribution in [1.29, 1.82) is 0 Å². The molecular weight excluding hydrogens is 272 g/mol. The highest BCUT2D eigenvalue weighted by molar-refractivity contribution is 5.95. The largest absolute Gasteiger partial charge is 0.478 e. The van der Waals surface area contributed by atoms with Crippen molar-refractivity contribution < 1.29 is 14.8 Å². The molecule has 0 heterocycles. The van der Waals surface area contributed by atoms with Gasteiger partial charge in [0.2, 0.25) is 0 Å². The van der Waals surface area contributed by atoms with Crippen LogP contribution < -0.4 is 5.32 Å². The molecule has 0 aliphatic heterocycles. The molecule has 1 aliphatic carbocycles. The number of nitrogens with one attached hydrogen (secondary N) is 1. The van der Waals surface area contributed by atoms with E-state index in [-0.39, 0.29) is 17.3 Å². The maximum absolute atomic E-state index is 11.3. The fourth-order valence-corrected chi connectivity index (χ4v) is 2.71. The normalized spacial score (nSPS) is 18.2. The zero-order valence-corrected chi connectivity index (χ0v) is 12.3. The van der Waals surface area contributed by atoms with Gasteiger partial charge in [-0.1, -0.05) is 13.8 Å². The second kappa shape index (κ2) is 5.71. The SMILES string of the molecule is CC1(C)CCC(Nc2ccc([N+](=O)[O-])cc2C(=O)O)CC1. The number of benzene rings is 1. The Hall–Kier alpha value is -2.11. The van der Waals surface area contributed by atoms with Crippen molar-refractivity contribution in [1.82, 2.24) is 0 Å². The van der Waals surface area contributed by atoms with E-state index >= 15 is 0 Å². The van der Waals surface area contributed by atoms with Gasteiger partial charge in [0.15, 0.2) is 0 Å². The van der Waals surface area contributed by atoms with E-state index in [1.165, 1.54) is 12.1 Å². The quantitative estimate of drug-likeness (QED) is 0.652. The summed E-state index contributed by atoms with van der Waals surface area (Å²) in [7, 11) is 0. The van der Waals surface area contributed by atoms with Crippen LogP contribution >= 0.6 is 0 Å². The molecule has 1 saturated carbocycles. The number of carboxylic acids is 1. The topological polar surface area (TPSA) is 92.5 Å². The van der Waals surface area contributed by atoms with Gasteiger partial charge in [-0.25, -0.2) is 4.79 Å². The van der Waals surface area contributed by atoms with Crippen LogP contribution in [0, 0.1) is 15.5 Å². The Balaban J connectivity index is 2.16. The monoisotopic (exact) mass is 292 g/mol. The van der Waals surface area contributed by atoms with Crippen LogP contribution in [0.5, 0.6) is 0 Å². The first kappa shape index (κ1) is 15.3. The molecule has 114 valence electrons. The minimum absolute atomic E-state index is 0.0472. The Kier molecular flexibility index (Phi) is 4.16. The summed E-state index contributed by atoms with van der Waals surface area (Å²) in [6.45, 7) is 4.47. The summed E-state index contributed by atoms with van der Waals surface area (Å²) < 4.78 is 0. The molecule has 1 aromatic rings. The number of rotatable bonds is 4. The molecule has 0 radical (unpaired) electrons. The van der Waals surface area contributed by atoms with Gasteiger partial charge in [0.25, 0.3) is 5.69 Å². The molecule has 0 spiro atoms. The highest BCUT2D eigenvalue weighted by Crippen LogP contribution is 2.36. The summed E-state index contributed by atoms with van der Waals surface area (Å²) in [5.41, 5.74) is 0.540. The Labute approximate surface area is 123 Å². The van der Waals surface area contributed by atoms with Crippen molar-refractivity contribution in [2.75, 3.05) is 5.32 Å². The highest BCUT2D eigenvalue weighted by Gasteiger charge is 2.27. The number of nitro groups is 1. The van der Waals surface area contributed by atoms with E-state index < -0.39 is 10.9 Å². The van der Waals surface area contributed by atoms with E-state index in [1.54, 1.807) is 0 Å². The third-order valence-corrected chi connectivity index (χ3v) is 4.14. The Morgan fingerprint density at radius 2 is 2.00 bits per heavy atom. The average molecular weight is 292 g/mol. The van der Waals surface area contributed by atoms with Gasteiger partial charge in [0, 0.05) is 23.9 Å². The van der Waals surface area contributed by atoms with E-state index in [2.05, 4.69) is 19.2 Å². The van der Waals surface area contributed by atoms with Crippen LogP contribution in [-0.2, 0) is 0 Å². The lowest BCUT2D eigenvalue weighted by molar-refractivity contribution is -0.384. The highest BCUT2D eigenvalue weighted by atomic mass is 16.6. The summed E-state index contributed by atoms with van der Waals surface area (Å²) in [4.78, 5) is 21.4. The molecule has 0 atom stereocenters. The number of nitrogens with zero attached hydrogens (tertiary/aromatic N) is 1. The zero-order chi connectivity index (χ0) is 15.6. The van der Waals surface area contributed by atoms with Gasteiger partial charge in [-0.15, -0.1) is 0 Å². The molecule has 0 saturated heterocycles. The minimum Gasteiger partial charge on any atom is -0.478 e. The van der Waals surface area contributed by atoms with Crippen LogP contribution in [0.3, 0.4) is 0 Å². The average Bonchev–Trinajstić information content (AvgIpc) is 2.41. The zero-order valence-electron chi connectivity index (χ0n) is 12.3. The van der Waals surface area contributed by atoms with Crippen molar-refractivity contribution >= 4 is 17.3 Å². The summed E-state index contributed by atoms with van der Waals surface area (Å²) in [5.74, 6) is -1.16. The van der Waals surface area contributed by atoms with Gasteiger partial charge in [0.05, 0.1) is 10.5 Å². The van der Waals surface area contributed by atoms with Gasteiger partial charge in [-0.05, 0) is 37.2 Å². The van der Waals surface area contributed by atoms with Gasteiger partial charge < -0.3 is 10.4 Å². The number of nitro benzene ring substituents is 1. The molecule has 1 aromatic carbocycles. The maximum Gasteiger partial charge on any atom is 0.338 e. The Morgan fingerprint density at radius 3 is 2.52 bits per heavy atom. The van der Waals surface area contributed by atoms with Gasteiger partial charge in [-0.3, -0.25) is 10.1 Å². The fourth-order valence-electron chi connectivity index (χ4n) is 2.71. The van der Waals surface area contributed by atoms with Crippen LogP contribution in [0.15, 0.2) is 18.2 Å². The minimum atomic E-state index is -1.16. The van der Waals surface area contributed by atoms with E-state index in [0.29, 0.717) is 11.1 Å². The van der Waals surface area contributed by atoms with E-state index in [0.717, 1.165) is 31.7 Å². The number of carbonyl (C=O) groups is 1. The first-order valence-corrected chi connectivity index (χ1v) is 7.07. The Morgan fingerprint density at radius 1 is 1.38 bits per heavy atom. The van der Waals surface area contributed by atoms with Gasteiger partial charge in [0.1, 0.15) is 0 Å². The number of hydrogen-bond acceptors (Lipinski definition) is 4. The molecule has 6 heteroatoms. The third kappa shape index (κ3) is 3.71. The van der Waals surface area contributed by atoms with Crippen molar-refractivity contribution in [2.24, 2.45) is 5.41 Å². The molecular formula is C15H20N2O4. The van der Waals surface area contributed by atoms with Crippen LogP contribution in [0.4, 0.5) is 11.4 Å². The molecule has 0 amide bonds. The molecule has 1 aliphatic rings. The molecule has 2 rings (SSSR count). The standard InChI is InChI=1S/C15H20N2O4/c1-15(2)7-5-10(6-8-15)16-13-4-3-11(17(20)21)9-12(13)14(18)19/h3-4,9-10,16H,5-8H2,1-2H3,(H,18,19). The van der Waals surface area contributed by atoms with Gasteiger partial charge >= 0.3 is 5.97 Å². The second-order valence-corrected chi connectivity index (χ2v) is 6.37. The first-order chi connectivity index (χ1) is 9.78. The fraction of sp³-hybridized carbons (Fsp3) is 0.533. The molecule has 21 heavy (non-hydrogen) atoms. The predicted molar refractivity (Wildman–Crippen MR) is 79.7 cm³/mol. The van der Waals surface area contributed by atoms with Crippen LogP contribution in [0.1, 0.15) is 49.9 Å². The molecule has 2 N–H and O–H groups in total. The van der Waals surface area contributed by atoms with Crippen LogP contribution in [-0.4, -0.2) is 22.0 Å². The summed E-state index contributed by atoms with van der Waals surface area (Å²) >= 11 is 0.